The molecule has 9 heteroatoms. The smallest absolute Gasteiger partial charge is 0.323 e. The van der Waals surface area contributed by atoms with Gasteiger partial charge in [0.2, 0.25) is 0 Å². The van der Waals surface area contributed by atoms with E-state index in [9.17, 15) is 18.3 Å². The Bertz CT molecular complexity index is 1340. The second-order valence-corrected chi connectivity index (χ2v) is 9.99. The molecule has 0 saturated heterocycles. The summed E-state index contributed by atoms with van der Waals surface area (Å²) in [6, 6.07) is 14.3. The Morgan fingerprint density at radius 1 is 1.17 bits per heavy atom. The lowest BCUT2D eigenvalue weighted by Gasteiger charge is -2.06. The van der Waals surface area contributed by atoms with E-state index in [0.29, 0.717) is 0 Å². The molecule has 0 atom stereocenters. The van der Waals surface area contributed by atoms with Gasteiger partial charge in [-0.3, -0.25) is 4.79 Å². The van der Waals surface area contributed by atoms with Crippen LogP contribution >= 0.6 is 11.8 Å². The van der Waals surface area contributed by atoms with E-state index in [0.717, 1.165) is 32.1 Å². The Morgan fingerprint density at radius 3 is 2.50 bits per heavy atom. The molecule has 0 unspecified atom stereocenters. The predicted molar refractivity (Wildman–Crippen MR) is 115 cm³/mol. The molecule has 0 amide bonds. The van der Waals surface area contributed by atoms with Crippen molar-refractivity contribution in [2.24, 2.45) is 0 Å². The molecule has 0 bridgehead atoms. The summed E-state index contributed by atoms with van der Waals surface area (Å²) in [5.74, 6) is -0.916. The summed E-state index contributed by atoms with van der Waals surface area (Å²) < 4.78 is 27.0. The summed E-state index contributed by atoms with van der Waals surface area (Å²) >= 11 is 1.48. The van der Waals surface area contributed by atoms with Gasteiger partial charge in [0, 0.05) is 39.5 Å². The van der Waals surface area contributed by atoms with Crippen molar-refractivity contribution in [3.05, 3.63) is 66.6 Å². The molecule has 7 nitrogen and oxygen atoms in total. The van der Waals surface area contributed by atoms with Gasteiger partial charge in [-0.25, -0.2) is 13.1 Å². The van der Waals surface area contributed by atoms with E-state index in [1.54, 1.807) is 39.7 Å². The van der Waals surface area contributed by atoms with Crippen molar-refractivity contribution in [1.82, 2.24) is 14.3 Å². The molecule has 30 heavy (non-hydrogen) atoms. The first kappa shape index (κ1) is 20.2. The zero-order valence-electron chi connectivity index (χ0n) is 16.3. The molecule has 2 aromatic heterocycles. The highest BCUT2D eigenvalue weighted by atomic mass is 32.2. The number of carboxylic acid groups (broad SMARTS) is 1. The van der Waals surface area contributed by atoms with Crippen LogP contribution in [-0.2, 0) is 21.2 Å². The van der Waals surface area contributed by atoms with Gasteiger partial charge in [-0.1, -0.05) is 11.8 Å². The zero-order chi connectivity index (χ0) is 21.5. The number of aliphatic carboxylic acids is 1. The van der Waals surface area contributed by atoms with Crippen molar-refractivity contribution in [2.75, 3.05) is 6.26 Å². The Kier molecular flexibility index (Phi) is 5.17. The third kappa shape index (κ3) is 3.86. The fraction of sp³-hybridized carbons (Fsp3) is 0.143. The van der Waals surface area contributed by atoms with Crippen LogP contribution in [0, 0.1) is 6.92 Å². The molecule has 0 fully saturated rings. The summed E-state index contributed by atoms with van der Waals surface area (Å²) in [7, 11) is -3.26. The fourth-order valence-corrected chi connectivity index (χ4v) is 5.01. The normalized spacial score (nSPS) is 11.8. The van der Waals surface area contributed by atoms with Gasteiger partial charge in [0.15, 0.2) is 9.84 Å². The van der Waals surface area contributed by atoms with Gasteiger partial charge in [-0.2, -0.15) is 5.10 Å². The molecule has 1 N–H and O–H groups in total. The number of carbonyl (C=O) groups is 1. The van der Waals surface area contributed by atoms with Crippen LogP contribution in [0.3, 0.4) is 0 Å². The minimum Gasteiger partial charge on any atom is -0.480 e. The Hall–Kier alpha value is -3.04. The van der Waals surface area contributed by atoms with E-state index in [1.165, 1.54) is 18.0 Å². The van der Waals surface area contributed by atoms with E-state index in [1.807, 2.05) is 37.4 Å². The van der Waals surface area contributed by atoms with Crippen LogP contribution < -0.4 is 0 Å². The second kappa shape index (κ2) is 7.66. The Labute approximate surface area is 177 Å². The van der Waals surface area contributed by atoms with E-state index >= 15 is 0 Å². The lowest BCUT2D eigenvalue weighted by molar-refractivity contribution is -0.137. The van der Waals surface area contributed by atoms with Crippen LogP contribution in [0.25, 0.3) is 16.6 Å². The molecule has 2 heterocycles. The maximum absolute atomic E-state index is 11.7. The van der Waals surface area contributed by atoms with Gasteiger partial charge in [0.25, 0.3) is 0 Å². The van der Waals surface area contributed by atoms with Crippen molar-refractivity contribution in [3.8, 4) is 5.69 Å². The molecule has 4 aromatic rings. The average Bonchev–Trinajstić information content (AvgIpc) is 3.31. The van der Waals surface area contributed by atoms with Crippen molar-refractivity contribution < 1.29 is 18.3 Å². The van der Waals surface area contributed by atoms with E-state index in [-0.39, 0.29) is 11.4 Å². The number of hydrogen-bond donors (Lipinski definition) is 1. The highest BCUT2D eigenvalue weighted by Crippen LogP contribution is 2.39. The van der Waals surface area contributed by atoms with E-state index in [2.05, 4.69) is 5.10 Å². The van der Waals surface area contributed by atoms with Crippen molar-refractivity contribution in [1.29, 1.82) is 0 Å². The number of aromatic nitrogens is 3. The Morgan fingerprint density at radius 2 is 1.90 bits per heavy atom. The number of nitrogens with zero attached hydrogens (tertiary/aromatic N) is 3. The van der Waals surface area contributed by atoms with Crippen LogP contribution in [0.2, 0.25) is 0 Å². The first-order valence-corrected chi connectivity index (χ1v) is 11.8. The first-order valence-electron chi connectivity index (χ1n) is 9.06. The maximum atomic E-state index is 11.7. The highest BCUT2D eigenvalue weighted by Gasteiger charge is 2.18. The predicted octanol–water partition coefficient (Wildman–Crippen LogP) is 3.77. The third-order valence-electron chi connectivity index (χ3n) is 4.78. The quantitative estimate of drug-likeness (QED) is 0.489. The van der Waals surface area contributed by atoms with Gasteiger partial charge < -0.3 is 9.67 Å². The number of rotatable bonds is 6. The van der Waals surface area contributed by atoms with Gasteiger partial charge in [0.05, 0.1) is 16.1 Å². The number of carboxylic acids is 1. The van der Waals surface area contributed by atoms with Gasteiger partial charge in [-0.15, -0.1) is 0 Å². The Balaban J connectivity index is 1.83. The van der Waals surface area contributed by atoms with E-state index < -0.39 is 15.8 Å². The monoisotopic (exact) mass is 441 g/mol. The molecule has 4 rings (SSSR count). The summed E-state index contributed by atoms with van der Waals surface area (Å²) in [4.78, 5) is 13.5. The molecular formula is C21H19N3O4S2. The van der Waals surface area contributed by atoms with Crippen LogP contribution in [0.4, 0.5) is 0 Å². The largest absolute Gasteiger partial charge is 0.480 e. The van der Waals surface area contributed by atoms with Gasteiger partial charge in [0.1, 0.15) is 6.54 Å². The topological polar surface area (TPSA) is 94.2 Å². The van der Waals surface area contributed by atoms with Crippen LogP contribution in [0.15, 0.2) is 75.6 Å². The molecule has 0 aliphatic rings. The standard InChI is InChI=1S/C21H19N3O4S2/c1-14-21(29-16-5-7-17(8-6-16)30(2,27)28)18-12-15(24-11-3-10-22-24)4-9-19(18)23(14)13-20(25)26/h3-12H,13H2,1-2H3,(H,25,26). The first-order chi connectivity index (χ1) is 14.2. The number of benzene rings is 2. The SMILES string of the molecule is Cc1c(Sc2ccc(S(C)(=O)=O)cc2)c2cc(-n3cccn3)ccc2n1CC(=O)O. The van der Waals surface area contributed by atoms with Gasteiger partial charge >= 0.3 is 5.97 Å². The number of fused-ring (bicyclic) bond motifs is 1. The summed E-state index contributed by atoms with van der Waals surface area (Å²) in [5, 5.41) is 14.5. The van der Waals surface area contributed by atoms with E-state index in [4.69, 9.17) is 0 Å². The molecule has 0 aliphatic carbocycles. The van der Waals surface area contributed by atoms with Crippen molar-refractivity contribution >= 4 is 38.5 Å². The molecule has 2 aromatic carbocycles. The summed E-state index contributed by atoms with van der Waals surface area (Å²) in [5.41, 5.74) is 2.53. The summed E-state index contributed by atoms with van der Waals surface area (Å²) in [6.07, 6.45) is 4.72. The molecule has 0 aliphatic heterocycles. The third-order valence-corrected chi connectivity index (χ3v) is 7.14. The summed E-state index contributed by atoms with van der Waals surface area (Å²) in [6.45, 7) is 1.75. The van der Waals surface area contributed by atoms with Crippen molar-refractivity contribution in [2.45, 2.75) is 28.2 Å². The van der Waals surface area contributed by atoms with Crippen LogP contribution in [0.5, 0.6) is 0 Å². The fourth-order valence-electron chi connectivity index (χ4n) is 3.34. The number of sulfone groups is 1. The minimum absolute atomic E-state index is 0.142. The number of hydrogen-bond acceptors (Lipinski definition) is 5. The van der Waals surface area contributed by atoms with Gasteiger partial charge in [-0.05, 0) is 55.5 Å². The lowest BCUT2D eigenvalue weighted by Crippen LogP contribution is -2.09. The van der Waals surface area contributed by atoms with Crippen LogP contribution in [0.1, 0.15) is 5.69 Å². The molecular weight excluding hydrogens is 422 g/mol. The average molecular weight is 442 g/mol. The lowest BCUT2D eigenvalue weighted by atomic mass is 10.2. The molecule has 0 saturated carbocycles. The molecule has 154 valence electrons. The second-order valence-electron chi connectivity index (χ2n) is 6.89. The van der Waals surface area contributed by atoms with Crippen LogP contribution in [-0.4, -0.2) is 40.1 Å². The maximum Gasteiger partial charge on any atom is 0.323 e. The van der Waals surface area contributed by atoms with Crippen molar-refractivity contribution in [3.63, 3.8) is 0 Å². The highest BCUT2D eigenvalue weighted by molar-refractivity contribution is 7.99. The molecule has 0 spiro atoms. The minimum atomic E-state index is -3.26. The molecule has 0 radical (unpaired) electrons. The zero-order valence-corrected chi connectivity index (χ0v) is 17.9.